The van der Waals surface area contributed by atoms with Crippen molar-refractivity contribution in [2.24, 2.45) is 0 Å². The predicted molar refractivity (Wildman–Crippen MR) is 70.0 cm³/mol. The summed E-state index contributed by atoms with van der Waals surface area (Å²) in [5, 5.41) is 25.5. The van der Waals surface area contributed by atoms with Crippen LogP contribution in [-0.2, 0) is 11.3 Å². The zero-order valence-electron chi connectivity index (χ0n) is 10.9. The standard InChI is InChI=1S/C11H11N5O5/c1-6-10(11(18)19)7(4-12-6)13-9(17)5-15-3-2-8(14-15)16(20)21/h2-4,12H,5H2,1H3,(H,13,17)(H,18,19). The van der Waals surface area contributed by atoms with E-state index in [-0.39, 0.29) is 23.6 Å². The third-order valence-corrected chi connectivity index (χ3v) is 2.68. The van der Waals surface area contributed by atoms with Crippen molar-refractivity contribution in [1.82, 2.24) is 14.8 Å². The number of aromatic amines is 1. The molecule has 0 saturated carbocycles. The second kappa shape index (κ2) is 5.45. The summed E-state index contributed by atoms with van der Waals surface area (Å²) in [6, 6.07) is 1.16. The highest BCUT2D eigenvalue weighted by molar-refractivity contribution is 6.01. The van der Waals surface area contributed by atoms with Crippen molar-refractivity contribution in [1.29, 1.82) is 0 Å². The van der Waals surface area contributed by atoms with Gasteiger partial charge in [0.1, 0.15) is 12.1 Å². The van der Waals surface area contributed by atoms with E-state index in [1.54, 1.807) is 6.92 Å². The zero-order chi connectivity index (χ0) is 15.6. The number of carbonyl (C=O) groups excluding carboxylic acids is 1. The van der Waals surface area contributed by atoms with E-state index in [4.69, 9.17) is 5.11 Å². The van der Waals surface area contributed by atoms with Crippen molar-refractivity contribution in [3.05, 3.63) is 39.8 Å². The molecule has 0 aliphatic rings. The molecule has 0 aromatic carbocycles. The number of nitrogens with zero attached hydrogens (tertiary/aromatic N) is 3. The van der Waals surface area contributed by atoms with Gasteiger partial charge in [0, 0.05) is 11.9 Å². The lowest BCUT2D eigenvalue weighted by Crippen LogP contribution is -2.20. The topological polar surface area (TPSA) is 143 Å². The first-order valence-corrected chi connectivity index (χ1v) is 5.77. The minimum absolute atomic E-state index is 0.0326. The van der Waals surface area contributed by atoms with Gasteiger partial charge in [-0.25, -0.2) is 4.79 Å². The lowest BCUT2D eigenvalue weighted by molar-refractivity contribution is -0.389. The van der Waals surface area contributed by atoms with E-state index in [1.165, 1.54) is 12.4 Å². The van der Waals surface area contributed by atoms with Crippen LogP contribution in [0, 0.1) is 17.0 Å². The van der Waals surface area contributed by atoms with E-state index in [0.717, 1.165) is 10.7 Å². The molecule has 0 radical (unpaired) electrons. The van der Waals surface area contributed by atoms with Crippen LogP contribution in [0.4, 0.5) is 11.5 Å². The Morgan fingerprint density at radius 2 is 2.29 bits per heavy atom. The molecule has 110 valence electrons. The second-order valence-corrected chi connectivity index (χ2v) is 4.18. The van der Waals surface area contributed by atoms with Crippen LogP contribution < -0.4 is 5.32 Å². The summed E-state index contributed by atoms with van der Waals surface area (Å²) >= 11 is 0. The first kappa shape index (κ1) is 14.2. The molecule has 0 fully saturated rings. The molecule has 2 rings (SSSR count). The fourth-order valence-corrected chi connectivity index (χ4v) is 1.77. The SMILES string of the molecule is Cc1[nH]cc(NC(=O)Cn2ccc([N+](=O)[O-])n2)c1C(=O)O. The molecule has 0 aliphatic heterocycles. The Morgan fingerprint density at radius 3 is 2.86 bits per heavy atom. The Balaban J connectivity index is 2.08. The Morgan fingerprint density at radius 1 is 1.57 bits per heavy atom. The number of carbonyl (C=O) groups is 2. The number of carboxylic acid groups (broad SMARTS) is 1. The first-order chi connectivity index (χ1) is 9.88. The van der Waals surface area contributed by atoms with Gasteiger partial charge in [0.25, 0.3) is 0 Å². The van der Waals surface area contributed by atoms with Gasteiger partial charge in [0.2, 0.25) is 5.91 Å². The minimum Gasteiger partial charge on any atom is -0.478 e. The number of nitro groups is 1. The van der Waals surface area contributed by atoms with Crippen molar-refractivity contribution < 1.29 is 19.6 Å². The normalized spacial score (nSPS) is 10.3. The summed E-state index contributed by atoms with van der Waals surface area (Å²) in [7, 11) is 0. The second-order valence-electron chi connectivity index (χ2n) is 4.18. The molecule has 21 heavy (non-hydrogen) atoms. The van der Waals surface area contributed by atoms with Crippen LogP contribution in [0.5, 0.6) is 0 Å². The highest BCUT2D eigenvalue weighted by Gasteiger charge is 2.18. The Labute approximate surface area is 117 Å². The molecule has 0 atom stereocenters. The monoisotopic (exact) mass is 293 g/mol. The van der Waals surface area contributed by atoms with E-state index in [0.29, 0.717) is 5.69 Å². The number of nitrogens with one attached hydrogen (secondary N) is 2. The highest BCUT2D eigenvalue weighted by Crippen LogP contribution is 2.19. The number of anilines is 1. The Kier molecular flexibility index (Phi) is 3.69. The first-order valence-electron chi connectivity index (χ1n) is 5.77. The largest absolute Gasteiger partial charge is 0.478 e. The fourth-order valence-electron chi connectivity index (χ4n) is 1.77. The summed E-state index contributed by atoms with van der Waals surface area (Å²) in [6.07, 6.45) is 2.65. The van der Waals surface area contributed by atoms with E-state index in [9.17, 15) is 19.7 Å². The van der Waals surface area contributed by atoms with Crippen LogP contribution in [0.2, 0.25) is 0 Å². The lowest BCUT2D eigenvalue weighted by atomic mass is 10.2. The van der Waals surface area contributed by atoms with Gasteiger partial charge in [-0.3, -0.25) is 4.79 Å². The molecule has 0 spiro atoms. The summed E-state index contributed by atoms with van der Waals surface area (Å²) in [4.78, 5) is 35.4. The maximum absolute atomic E-state index is 11.8. The summed E-state index contributed by atoms with van der Waals surface area (Å²) in [6.45, 7) is 1.30. The number of aromatic carboxylic acids is 1. The van der Waals surface area contributed by atoms with Crippen molar-refractivity contribution in [3.63, 3.8) is 0 Å². The van der Waals surface area contributed by atoms with Crippen LogP contribution in [-0.4, -0.2) is 36.7 Å². The zero-order valence-corrected chi connectivity index (χ0v) is 10.9. The molecule has 0 saturated heterocycles. The number of aryl methyl sites for hydroxylation is 1. The predicted octanol–water partition coefficient (Wildman–Crippen LogP) is 0.765. The molecule has 0 unspecified atom stereocenters. The quantitative estimate of drug-likeness (QED) is 0.548. The lowest BCUT2D eigenvalue weighted by Gasteiger charge is -2.03. The van der Waals surface area contributed by atoms with Crippen LogP contribution in [0.25, 0.3) is 0 Å². The molecule has 0 aliphatic carbocycles. The summed E-state index contributed by atoms with van der Waals surface area (Å²) < 4.78 is 1.09. The van der Waals surface area contributed by atoms with Gasteiger partial charge in [-0.05, 0) is 11.8 Å². The summed E-state index contributed by atoms with van der Waals surface area (Å²) in [5.41, 5.74) is 0.508. The number of amides is 1. The number of H-pyrrole nitrogens is 1. The molecule has 10 nitrogen and oxygen atoms in total. The molecule has 10 heteroatoms. The van der Waals surface area contributed by atoms with Crippen LogP contribution in [0.15, 0.2) is 18.5 Å². The van der Waals surface area contributed by atoms with Crippen LogP contribution >= 0.6 is 0 Å². The van der Waals surface area contributed by atoms with Gasteiger partial charge in [-0.2, -0.15) is 4.68 Å². The van der Waals surface area contributed by atoms with Gasteiger partial charge in [-0.1, -0.05) is 0 Å². The minimum atomic E-state index is -1.17. The maximum Gasteiger partial charge on any atom is 0.389 e. The third-order valence-electron chi connectivity index (χ3n) is 2.68. The van der Waals surface area contributed by atoms with Crippen LogP contribution in [0.3, 0.4) is 0 Å². The number of rotatable bonds is 5. The van der Waals surface area contributed by atoms with Crippen molar-refractivity contribution >= 4 is 23.4 Å². The smallest absolute Gasteiger partial charge is 0.389 e. The Hall–Kier alpha value is -3.17. The Bertz CT molecular complexity index is 716. The van der Waals surface area contributed by atoms with E-state index >= 15 is 0 Å². The molecular formula is C11H11N5O5. The third kappa shape index (κ3) is 3.05. The van der Waals surface area contributed by atoms with Gasteiger partial charge in [0.15, 0.2) is 0 Å². The van der Waals surface area contributed by atoms with Gasteiger partial charge in [0.05, 0.1) is 23.0 Å². The van der Waals surface area contributed by atoms with Gasteiger partial charge >= 0.3 is 11.8 Å². The molecule has 3 N–H and O–H groups in total. The van der Waals surface area contributed by atoms with E-state index in [1.807, 2.05) is 0 Å². The highest BCUT2D eigenvalue weighted by atomic mass is 16.6. The molecule has 2 aromatic rings. The van der Waals surface area contributed by atoms with Crippen molar-refractivity contribution in [3.8, 4) is 0 Å². The number of hydrogen-bond acceptors (Lipinski definition) is 5. The average molecular weight is 293 g/mol. The maximum atomic E-state index is 11.8. The number of carboxylic acids is 1. The number of aromatic nitrogens is 3. The van der Waals surface area contributed by atoms with E-state index < -0.39 is 16.8 Å². The fraction of sp³-hybridized carbons (Fsp3) is 0.182. The van der Waals surface area contributed by atoms with Gasteiger partial charge < -0.3 is 25.5 Å². The summed E-state index contributed by atoms with van der Waals surface area (Å²) in [5.74, 6) is -2.08. The molecule has 1 amide bonds. The van der Waals surface area contributed by atoms with Gasteiger partial charge in [-0.15, -0.1) is 0 Å². The molecule has 0 bridgehead atoms. The van der Waals surface area contributed by atoms with E-state index in [2.05, 4.69) is 15.4 Å². The molecule has 2 aromatic heterocycles. The molecule has 2 heterocycles. The number of hydrogen-bond donors (Lipinski definition) is 3. The van der Waals surface area contributed by atoms with Crippen LogP contribution in [0.1, 0.15) is 16.1 Å². The van der Waals surface area contributed by atoms with Crippen molar-refractivity contribution in [2.75, 3.05) is 5.32 Å². The average Bonchev–Trinajstić information content (AvgIpc) is 2.96. The van der Waals surface area contributed by atoms with Crippen molar-refractivity contribution in [2.45, 2.75) is 13.5 Å². The molecular weight excluding hydrogens is 282 g/mol.